The van der Waals surface area contributed by atoms with Crippen LogP contribution in [0.5, 0.6) is 0 Å². The molecular weight excluding hydrogens is 348 g/mol. The number of hydrogen-bond acceptors (Lipinski definition) is 6. The third kappa shape index (κ3) is 5.00. The summed E-state index contributed by atoms with van der Waals surface area (Å²) in [5, 5.41) is 3.67. The maximum atomic E-state index is 12.0. The van der Waals surface area contributed by atoms with Crippen LogP contribution in [0.2, 0.25) is 0 Å². The number of nitrogens with zero attached hydrogens (tertiary/aromatic N) is 3. The average molecular weight is 375 g/mol. The third-order valence-electron chi connectivity index (χ3n) is 4.20. The second kappa shape index (κ2) is 8.58. The molecule has 140 valence electrons. The van der Waals surface area contributed by atoms with Crippen molar-refractivity contribution < 1.29 is 9.21 Å². The Balaban J connectivity index is 1.64. The summed E-state index contributed by atoms with van der Waals surface area (Å²) in [6.45, 7) is 5.21. The Morgan fingerprint density at radius 1 is 1.35 bits per heavy atom. The van der Waals surface area contributed by atoms with Gasteiger partial charge in [-0.3, -0.25) is 4.79 Å². The molecule has 7 heteroatoms. The van der Waals surface area contributed by atoms with E-state index in [1.54, 1.807) is 6.07 Å². The molecule has 1 amide bonds. The normalized spacial score (nSPS) is 13.7. The molecule has 2 aromatic heterocycles. The lowest BCUT2D eigenvalue weighted by atomic mass is 10.3. The topological polar surface area (TPSA) is 71.3 Å². The fourth-order valence-corrected chi connectivity index (χ4v) is 3.31. The molecule has 1 fully saturated rings. The molecule has 0 atom stereocenters. The molecule has 0 radical (unpaired) electrons. The molecule has 2 aromatic rings. The van der Waals surface area contributed by atoms with Gasteiger partial charge in [0.25, 0.3) is 5.91 Å². The van der Waals surface area contributed by atoms with Crippen molar-refractivity contribution in [3.05, 3.63) is 35.4 Å². The molecule has 6 nitrogen and oxygen atoms in total. The summed E-state index contributed by atoms with van der Waals surface area (Å²) < 4.78 is 5.67. The molecule has 1 saturated carbocycles. The van der Waals surface area contributed by atoms with Gasteiger partial charge in [-0.2, -0.15) is 0 Å². The van der Waals surface area contributed by atoms with Gasteiger partial charge in [0.15, 0.2) is 10.9 Å². The number of carbonyl (C=O) groups excluding carboxylic acids is 1. The van der Waals surface area contributed by atoms with E-state index in [4.69, 9.17) is 4.42 Å². The van der Waals surface area contributed by atoms with Gasteiger partial charge in [-0.25, -0.2) is 9.97 Å². The SMILES string of the molecule is CCCN(C)c1cc(CC)nc(SCc2ccc(C(=O)NC3CC3)o2)n1. The highest BCUT2D eigenvalue weighted by molar-refractivity contribution is 7.98. The number of aryl methyl sites for hydroxylation is 1. The van der Waals surface area contributed by atoms with Gasteiger partial charge in [0, 0.05) is 31.4 Å². The monoisotopic (exact) mass is 374 g/mol. The van der Waals surface area contributed by atoms with Gasteiger partial charge >= 0.3 is 0 Å². The zero-order valence-corrected chi connectivity index (χ0v) is 16.4. The minimum Gasteiger partial charge on any atom is -0.455 e. The molecule has 0 saturated heterocycles. The molecule has 0 unspecified atom stereocenters. The Labute approximate surface area is 158 Å². The van der Waals surface area contributed by atoms with Crippen molar-refractivity contribution in [3.8, 4) is 0 Å². The fourth-order valence-electron chi connectivity index (χ4n) is 2.55. The smallest absolute Gasteiger partial charge is 0.287 e. The molecule has 2 heterocycles. The third-order valence-corrected chi connectivity index (χ3v) is 5.07. The van der Waals surface area contributed by atoms with Crippen LogP contribution in [0.15, 0.2) is 27.8 Å². The lowest BCUT2D eigenvalue weighted by Gasteiger charge is -2.18. The first-order chi connectivity index (χ1) is 12.6. The van der Waals surface area contributed by atoms with Crippen molar-refractivity contribution in [2.24, 2.45) is 0 Å². The highest BCUT2D eigenvalue weighted by atomic mass is 32.2. The highest BCUT2D eigenvalue weighted by Gasteiger charge is 2.25. The van der Waals surface area contributed by atoms with Crippen LogP contribution in [0.4, 0.5) is 5.82 Å². The molecule has 1 aliphatic carbocycles. The van der Waals surface area contributed by atoms with Crippen molar-refractivity contribution in [2.45, 2.75) is 56.5 Å². The van der Waals surface area contributed by atoms with E-state index < -0.39 is 0 Å². The van der Waals surface area contributed by atoms with Crippen LogP contribution in [0, 0.1) is 0 Å². The first-order valence-corrected chi connectivity index (χ1v) is 10.2. The zero-order chi connectivity index (χ0) is 18.5. The number of amides is 1. The molecule has 0 spiro atoms. The first kappa shape index (κ1) is 18.8. The van der Waals surface area contributed by atoms with E-state index in [9.17, 15) is 4.79 Å². The van der Waals surface area contributed by atoms with Crippen LogP contribution in [-0.4, -0.2) is 35.5 Å². The molecular formula is C19H26N4O2S. The van der Waals surface area contributed by atoms with Crippen molar-refractivity contribution in [1.82, 2.24) is 15.3 Å². The van der Waals surface area contributed by atoms with Crippen LogP contribution < -0.4 is 10.2 Å². The second-order valence-electron chi connectivity index (χ2n) is 6.58. The number of nitrogens with one attached hydrogen (secondary N) is 1. The number of rotatable bonds is 9. The number of furan rings is 1. The van der Waals surface area contributed by atoms with Crippen LogP contribution in [0.3, 0.4) is 0 Å². The number of thioether (sulfide) groups is 1. The van der Waals surface area contributed by atoms with Crippen LogP contribution in [0.25, 0.3) is 0 Å². The fraction of sp³-hybridized carbons (Fsp3) is 0.526. The summed E-state index contributed by atoms with van der Waals surface area (Å²) in [5.74, 6) is 2.55. The lowest BCUT2D eigenvalue weighted by molar-refractivity contribution is 0.0922. The van der Waals surface area contributed by atoms with E-state index >= 15 is 0 Å². The van der Waals surface area contributed by atoms with Gasteiger partial charge in [-0.15, -0.1) is 0 Å². The summed E-state index contributed by atoms with van der Waals surface area (Å²) in [5.41, 5.74) is 1.03. The average Bonchev–Trinajstić information content (AvgIpc) is 3.33. The molecule has 3 rings (SSSR count). The predicted octanol–water partition coefficient (Wildman–Crippen LogP) is 3.66. The summed E-state index contributed by atoms with van der Waals surface area (Å²) in [6.07, 6.45) is 4.07. The van der Waals surface area contributed by atoms with Gasteiger partial charge in [0.1, 0.15) is 11.6 Å². The van der Waals surface area contributed by atoms with E-state index in [1.165, 1.54) is 11.8 Å². The Morgan fingerprint density at radius 2 is 2.15 bits per heavy atom. The Bertz CT molecular complexity index is 758. The van der Waals surface area contributed by atoms with Crippen molar-refractivity contribution in [3.63, 3.8) is 0 Å². The molecule has 0 aliphatic heterocycles. The number of aromatic nitrogens is 2. The minimum absolute atomic E-state index is 0.128. The molecule has 1 N–H and O–H groups in total. The molecule has 1 aliphatic rings. The summed E-state index contributed by atoms with van der Waals surface area (Å²) in [6, 6.07) is 5.96. The van der Waals surface area contributed by atoms with E-state index in [0.717, 1.165) is 54.7 Å². The Hall–Kier alpha value is -2.02. The maximum Gasteiger partial charge on any atom is 0.287 e. The second-order valence-corrected chi connectivity index (χ2v) is 7.52. The largest absolute Gasteiger partial charge is 0.455 e. The Kier molecular flexibility index (Phi) is 6.19. The number of carbonyl (C=O) groups is 1. The maximum absolute atomic E-state index is 12.0. The summed E-state index contributed by atoms with van der Waals surface area (Å²) in [4.78, 5) is 23.4. The first-order valence-electron chi connectivity index (χ1n) is 9.20. The standard InChI is InChI=1S/C19H26N4O2S/c1-4-10-23(3)17-11-13(5-2)21-19(22-17)26-12-15-8-9-16(25-15)18(24)20-14-6-7-14/h8-9,11,14H,4-7,10,12H2,1-3H3,(H,20,24). The van der Waals surface area contributed by atoms with Gasteiger partial charge in [-0.05, 0) is 37.8 Å². The number of hydrogen-bond donors (Lipinski definition) is 1. The van der Waals surface area contributed by atoms with Crippen molar-refractivity contribution >= 4 is 23.5 Å². The van der Waals surface area contributed by atoms with E-state index in [1.807, 2.05) is 12.1 Å². The summed E-state index contributed by atoms with van der Waals surface area (Å²) >= 11 is 1.53. The van der Waals surface area contributed by atoms with E-state index in [0.29, 0.717) is 17.6 Å². The zero-order valence-electron chi connectivity index (χ0n) is 15.6. The van der Waals surface area contributed by atoms with Gasteiger partial charge in [0.2, 0.25) is 0 Å². The van der Waals surface area contributed by atoms with E-state index in [-0.39, 0.29) is 5.91 Å². The summed E-state index contributed by atoms with van der Waals surface area (Å²) in [7, 11) is 2.05. The minimum atomic E-state index is -0.128. The number of anilines is 1. The lowest BCUT2D eigenvalue weighted by Crippen LogP contribution is -2.24. The molecule has 0 bridgehead atoms. The quantitative estimate of drug-likeness (QED) is 0.533. The van der Waals surface area contributed by atoms with Crippen LogP contribution in [-0.2, 0) is 12.2 Å². The predicted molar refractivity (Wildman–Crippen MR) is 104 cm³/mol. The Morgan fingerprint density at radius 3 is 2.85 bits per heavy atom. The van der Waals surface area contributed by atoms with Crippen molar-refractivity contribution in [1.29, 1.82) is 0 Å². The van der Waals surface area contributed by atoms with Crippen LogP contribution in [0.1, 0.15) is 55.1 Å². The van der Waals surface area contributed by atoms with Gasteiger partial charge in [-0.1, -0.05) is 25.6 Å². The van der Waals surface area contributed by atoms with Crippen LogP contribution >= 0.6 is 11.8 Å². The van der Waals surface area contributed by atoms with Crippen molar-refractivity contribution in [2.75, 3.05) is 18.5 Å². The van der Waals surface area contributed by atoms with E-state index in [2.05, 4.69) is 41.1 Å². The van der Waals surface area contributed by atoms with Gasteiger partial charge < -0.3 is 14.6 Å². The van der Waals surface area contributed by atoms with Gasteiger partial charge in [0.05, 0.1) is 5.75 Å². The molecule has 0 aromatic carbocycles. The highest BCUT2D eigenvalue weighted by Crippen LogP contribution is 2.24. The molecule has 26 heavy (non-hydrogen) atoms.